The third kappa shape index (κ3) is 7.57. The summed E-state index contributed by atoms with van der Waals surface area (Å²) in [6.45, 7) is 5.04. The highest BCUT2D eigenvalue weighted by atomic mass is 32.1. The van der Waals surface area contributed by atoms with Gasteiger partial charge in [-0.05, 0) is 25.5 Å². The number of anilines is 1. The molecule has 9 heteroatoms. The summed E-state index contributed by atoms with van der Waals surface area (Å²) in [7, 11) is 1.54. The summed E-state index contributed by atoms with van der Waals surface area (Å²) in [5.74, 6) is -0.702. The normalized spacial score (nSPS) is 10.5. The quantitative estimate of drug-likeness (QED) is 0.567. The molecular weight excluding hydrogens is 404 g/mol. The van der Waals surface area contributed by atoms with E-state index in [1.54, 1.807) is 24.6 Å². The molecule has 0 saturated carbocycles. The Morgan fingerprint density at radius 3 is 2.57 bits per heavy atom. The van der Waals surface area contributed by atoms with Gasteiger partial charge >= 0.3 is 0 Å². The molecule has 0 aliphatic heterocycles. The largest absolute Gasteiger partial charge is 0.383 e. The number of rotatable bonds is 11. The number of aromatic nitrogens is 1. The second-order valence-corrected chi connectivity index (χ2v) is 7.66. The van der Waals surface area contributed by atoms with Crippen LogP contribution in [0.25, 0.3) is 0 Å². The second-order valence-electron chi connectivity index (χ2n) is 6.80. The molecule has 162 valence electrons. The topological polar surface area (TPSA) is 101 Å². The number of ether oxygens (including phenoxy) is 1. The van der Waals surface area contributed by atoms with Crippen molar-refractivity contribution in [2.75, 3.05) is 38.7 Å². The number of nitrogens with one attached hydrogen (secondary N) is 2. The number of amides is 3. The minimum Gasteiger partial charge on any atom is -0.383 e. The molecule has 0 unspecified atom stereocenters. The van der Waals surface area contributed by atoms with Gasteiger partial charge in [-0.3, -0.25) is 14.4 Å². The van der Waals surface area contributed by atoms with Crippen LogP contribution in [-0.2, 0) is 20.7 Å². The molecule has 1 heterocycles. The Labute approximate surface area is 180 Å². The summed E-state index contributed by atoms with van der Waals surface area (Å²) < 4.78 is 5.07. The van der Waals surface area contributed by atoms with Gasteiger partial charge in [0.1, 0.15) is 6.54 Å². The lowest BCUT2D eigenvalue weighted by atomic mass is 10.1. The van der Waals surface area contributed by atoms with Crippen LogP contribution in [0.1, 0.15) is 35.0 Å². The van der Waals surface area contributed by atoms with Crippen LogP contribution in [0.4, 0.5) is 5.13 Å². The molecule has 30 heavy (non-hydrogen) atoms. The summed E-state index contributed by atoms with van der Waals surface area (Å²) in [4.78, 5) is 42.8. The molecule has 0 aliphatic rings. The van der Waals surface area contributed by atoms with E-state index in [2.05, 4.69) is 15.6 Å². The summed E-state index contributed by atoms with van der Waals surface area (Å²) in [5, 5.41) is 7.63. The number of aryl methyl sites for hydroxylation is 1. The maximum atomic E-state index is 12.8. The molecule has 1 aromatic carbocycles. The van der Waals surface area contributed by atoms with Crippen LogP contribution in [0, 0.1) is 6.92 Å². The number of nitrogens with zero attached hydrogens (tertiary/aromatic N) is 2. The third-order valence-electron chi connectivity index (χ3n) is 4.20. The summed E-state index contributed by atoms with van der Waals surface area (Å²) in [6, 6.07) is 7.20. The SMILES string of the molecule is CCCNC(=O)Cc1csc(NC(=O)CN(CCOC)C(=O)c2ccc(C)cc2)n1. The first-order valence-electron chi connectivity index (χ1n) is 9.78. The number of methoxy groups -OCH3 is 1. The fraction of sp³-hybridized carbons (Fsp3) is 0.429. The molecule has 2 N–H and O–H groups in total. The van der Waals surface area contributed by atoms with Crippen LogP contribution in [0.3, 0.4) is 0 Å². The van der Waals surface area contributed by atoms with E-state index in [4.69, 9.17) is 4.74 Å². The first-order valence-corrected chi connectivity index (χ1v) is 10.7. The standard InChI is InChI=1S/C21H28N4O4S/c1-4-9-22-18(26)12-17-14-30-21(23-17)24-19(27)13-25(10-11-29-3)20(28)16-7-5-15(2)6-8-16/h5-8,14H,4,9-13H2,1-3H3,(H,22,26)(H,23,24,27). The first kappa shape index (κ1) is 23.5. The second kappa shape index (κ2) is 12.0. The zero-order chi connectivity index (χ0) is 21.9. The van der Waals surface area contributed by atoms with E-state index in [0.717, 1.165) is 12.0 Å². The van der Waals surface area contributed by atoms with Crippen molar-refractivity contribution in [3.63, 3.8) is 0 Å². The molecule has 1 aromatic heterocycles. The molecule has 3 amide bonds. The Bertz CT molecular complexity index is 851. The van der Waals surface area contributed by atoms with Crippen molar-refractivity contribution in [1.82, 2.24) is 15.2 Å². The highest BCUT2D eigenvalue weighted by Crippen LogP contribution is 2.16. The van der Waals surface area contributed by atoms with E-state index >= 15 is 0 Å². The Morgan fingerprint density at radius 2 is 1.90 bits per heavy atom. The predicted octanol–water partition coefficient (Wildman–Crippen LogP) is 2.25. The zero-order valence-corrected chi connectivity index (χ0v) is 18.4. The van der Waals surface area contributed by atoms with Crippen molar-refractivity contribution in [3.8, 4) is 0 Å². The van der Waals surface area contributed by atoms with Crippen LogP contribution in [0.2, 0.25) is 0 Å². The number of thiazole rings is 1. The van der Waals surface area contributed by atoms with Gasteiger partial charge in [0.25, 0.3) is 5.91 Å². The number of hydrogen-bond donors (Lipinski definition) is 2. The number of benzene rings is 1. The van der Waals surface area contributed by atoms with Crippen LogP contribution < -0.4 is 10.6 Å². The van der Waals surface area contributed by atoms with Crippen molar-refractivity contribution < 1.29 is 19.1 Å². The van der Waals surface area contributed by atoms with Crippen molar-refractivity contribution in [3.05, 3.63) is 46.5 Å². The predicted molar refractivity (Wildman–Crippen MR) is 117 cm³/mol. The Kier molecular flexibility index (Phi) is 9.43. The van der Waals surface area contributed by atoms with Crippen molar-refractivity contribution in [2.24, 2.45) is 0 Å². The number of carbonyl (C=O) groups excluding carboxylic acids is 3. The van der Waals surface area contributed by atoms with Crippen LogP contribution >= 0.6 is 11.3 Å². The average Bonchev–Trinajstić information content (AvgIpc) is 3.16. The zero-order valence-electron chi connectivity index (χ0n) is 17.6. The monoisotopic (exact) mass is 432 g/mol. The highest BCUT2D eigenvalue weighted by Gasteiger charge is 2.19. The van der Waals surface area contributed by atoms with Crippen LogP contribution in [-0.4, -0.2) is 61.0 Å². The molecule has 0 spiro atoms. The van der Waals surface area contributed by atoms with E-state index in [1.807, 2.05) is 26.0 Å². The molecule has 0 radical (unpaired) electrons. The van der Waals surface area contributed by atoms with Gasteiger partial charge in [-0.15, -0.1) is 11.3 Å². The van der Waals surface area contributed by atoms with Crippen LogP contribution in [0.5, 0.6) is 0 Å². The van der Waals surface area contributed by atoms with Gasteiger partial charge in [0, 0.05) is 31.1 Å². The molecule has 0 bridgehead atoms. The maximum Gasteiger partial charge on any atom is 0.254 e. The van der Waals surface area contributed by atoms with Crippen LogP contribution in [0.15, 0.2) is 29.6 Å². The molecule has 0 atom stereocenters. The Morgan fingerprint density at radius 1 is 1.17 bits per heavy atom. The van der Waals surface area contributed by atoms with Gasteiger partial charge in [-0.1, -0.05) is 24.6 Å². The van der Waals surface area contributed by atoms with Crippen molar-refractivity contribution in [1.29, 1.82) is 0 Å². The van der Waals surface area contributed by atoms with E-state index in [1.165, 1.54) is 16.2 Å². The summed E-state index contributed by atoms with van der Waals surface area (Å²) >= 11 is 1.24. The van der Waals surface area contributed by atoms with Gasteiger partial charge in [-0.2, -0.15) is 0 Å². The maximum absolute atomic E-state index is 12.8. The molecule has 2 rings (SSSR count). The molecule has 0 aliphatic carbocycles. The van der Waals surface area contributed by atoms with Gasteiger partial charge < -0.3 is 20.3 Å². The van der Waals surface area contributed by atoms with Crippen molar-refractivity contribution >= 4 is 34.2 Å². The first-order chi connectivity index (χ1) is 14.4. The lowest BCUT2D eigenvalue weighted by molar-refractivity contribution is -0.120. The Hall–Kier alpha value is -2.78. The van der Waals surface area contributed by atoms with Gasteiger partial charge in [0.15, 0.2) is 5.13 Å². The summed E-state index contributed by atoms with van der Waals surface area (Å²) in [6.07, 6.45) is 1.03. The minimum atomic E-state index is -0.358. The molecule has 0 fully saturated rings. The third-order valence-corrected chi connectivity index (χ3v) is 5.00. The lowest BCUT2D eigenvalue weighted by Crippen LogP contribution is -2.40. The van der Waals surface area contributed by atoms with E-state index in [9.17, 15) is 14.4 Å². The number of hydrogen-bond acceptors (Lipinski definition) is 6. The van der Waals surface area contributed by atoms with E-state index < -0.39 is 0 Å². The molecule has 0 saturated heterocycles. The smallest absolute Gasteiger partial charge is 0.254 e. The van der Waals surface area contributed by atoms with Gasteiger partial charge in [0.2, 0.25) is 11.8 Å². The van der Waals surface area contributed by atoms with E-state index in [0.29, 0.717) is 29.5 Å². The molecular formula is C21H28N4O4S. The van der Waals surface area contributed by atoms with E-state index in [-0.39, 0.29) is 37.2 Å². The fourth-order valence-electron chi connectivity index (χ4n) is 2.60. The Balaban J connectivity index is 1.96. The lowest BCUT2D eigenvalue weighted by Gasteiger charge is -2.21. The van der Waals surface area contributed by atoms with Gasteiger partial charge in [0.05, 0.1) is 18.7 Å². The average molecular weight is 433 g/mol. The molecule has 8 nitrogen and oxygen atoms in total. The number of carbonyl (C=O) groups is 3. The summed E-state index contributed by atoms with van der Waals surface area (Å²) in [5.41, 5.74) is 2.16. The highest BCUT2D eigenvalue weighted by molar-refractivity contribution is 7.13. The fourth-order valence-corrected chi connectivity index (χ4v) is 3.33. The van der Waals surface area contributed by atoms with Gasteiger partial charge in [-0.25, -0.2) is 4.98 Å². The van der Waals surface area contributed by atoms with Crippen molar-refractivity contribution in [2.45, 2.75) is 26.7 Å². The minimum absolute atomic E-state index is 0.102. The molecule has 2 aromatic rings.